The van der Waals surface area contributed by atoms with Crippen LogP contribution in [0.3, 0.4) is 0 Å². The molecule has 0 heterocycles. The number of unbranched alkanes of at least 4 members (excludes halogenated alkanes) is 1. The molecule has 0 radical (unpaired) electrons. The van der Waals surface area contributed by atoms with E-state index < -0.39 is 21.7 Å². The maximum atomic E-state index is 12.2. The van der Waals surface area contributed by atoms with Crippen molar-refractivity contribution in [3.05, 3.63) is 28.4 Å². The molecule has 10 heteroatoms. The van der Waals surface area contributed by atoms with Crippen LogP contribution in [-0.2, 0) is 14.9 Å². The van der Waals surface area contributed by atoms with E-state index in [1.807, 2.05) is 12.1 Å². The van der Waals surface area contributed by atoms with Crippen molar-refractivity contribution < 1.29 is 22.6 Å². The van der Waals surface area contributed by atoms with Gasteiger partial charge in [0.15, 0.2) is 0 Å². The lowest BCUT2D eigenvalue weighted by Gasteiger charge is -2.09. The van der Waals surface area contributed by atoms with Gasteiger partial charge in [-0.2, -0.15) is 8.42 Å². The zero-order chi connectivity index (χ0) is 17.6. The lowest BCUT2D eigenvalue weighted by Crippen LogP contribution is -2.26. The van der Waals surface area contributed by atoms with Crippen molar-refractivity contribution in [1.29, 1.82) is 0 Å². The Kier molecular flexibility index (Phi) is 9.18. The summed E-state index contributed by atoms with van der Waals surface area (Å²) in [7, 11) is -4.25. The number of rotatable bonds is 8. The van der Waals surface area contributed by atoms with Gasteiger partial charge in [0.1, 0.15) is 11.5 Å². The summed E-state index contributed by atoms with van der Waals surface area (Å²) >= 11 is 6.46. The maximum Gasteiger partial charge on any atom is 0.272 e. The fraction of sp³-hybridized carbons (Fsp3) is 0.385. The van der Waals surface area contributed by atoms with Gasteiger partial charge in [0.25, 0.3) is 16.0 Å². The molecule has 0 unspecified atom stereocenters. The van der Waals surface area contributed by atoms with Gasteiger partial charge < -0.3 is 5.32 Å². The molecule has 1 aromatic rings. The fourth-order valence-electron chi connectivity index (χ4n) is 1.74. The number of nitrogens with one attached hydrogen (secondary N) is 1. The zero-order valence-corrected chi connectivity index (χ0v) is 19.1. The van der Waals surface area contributed by atoms with Crippen LogP contribution in [0.15, 0.2) is 12.1 Å². The average molecular weight is 677 g/mol. The minimum atomic E-state index is -4.25. The van der Waals surface area contributed by atoms with Crippen molar-refractivity contribution in [2.75, 3.05) is 12.3 Å². The van der Waals surface area contributed by atoms with Crippen molar-refractivity contribution >= 4 is 89.6 Å². The SMILES string of the molecule is O=C(CCCCNC(=O)c1cc(I)cc(I)c1I)CS(=O)(=O)O. The molecule has 0 bridgehead atoms. The lowest BCUT2D eigenvalue weighted by atomic mass is 10.2. The van der Waals surface area contributed by atoms with Crippen molar-refractivity contribution in [2.45, 2.75) is 19.3 Å². The summed E-state index contributed by atoms with van der Waals surface area (Å²) in [5, 5.41) is 2.79. The van der Waals surface area contributed by atoms with E-state index in [9.17, 15) is 18.0 Å². The standard InChI is InChI=1S/C13H14I3NO5S/c14-8-5-10(12(16)11(15)6-8)13(19)17-4-2-1-3-9(18)7-23(20,21)22/h5-6H,1-4,7H2,(H,17,19)(H,20,21,22). The lowest BCUT2D eigenvalue weighted by molar-refractivity contribution is -0.116. The largest absolute Gasteiger partial charge is 0.352 e. The Balaban J connectivity index is 2.40. The maximum absolute atomic E-state index is 12.2. The van der Waals surface area contributed by atoms with Crippen LogP contribution >= 0.6 is 67.8 Å². The Morgan fingerprint density at radius 3 is 2.39 bits per heavy atom. The number of halogens is 3. The Hall–Kier alpha value is 0.460. The third kappa shape index (κ3) is 8.40. The number of carbonyl (C=O) groups excluding carboxylic acids is 2. The summed E-state index contributed by atoms with van der Waals surface area (Å²) in [6, 6.07) is 3.80. The van der Waals surface area contributed by atoms with Gasteiger partial charge in [-0.25, -0.2) is 0 Å². The van der Waals surface area contributed by atoms with Crippen molar-refractivity contribution in [1.82, 2.24) is 5.32 Å². The Bertz CT molecular complexity index is 706. The third-order valence-corrected chi connectivity index (χ3v) is 7.10. The topological polar surface area (TPSA) is 101 Å². The number of Topliss-reactive ketones (excluding diaryl/α,β-unsaturated/α-hetero) is 1. The first-order chi connectivity index (χ1) is 10.6. The van der Waals surface area contributed by atoms with E-state index in [0.29, 0.717) is 24.9 Å². The molecule has 0 saturated heterocycles. The molecule has 0 aliphatic carbocycles. The average Bonchev–Trinajstić information content (AvgIpc) is 2.40. The van der Waals surface area contributed by atoms with E-state index in [2.05, 4.69) is 73.1 Å². The third-order valence-electron chi connectivity index (χ3n) is 2.75. The van der Waals surface area contributed by atoms with Gasteiger partial charge in [0.2, 0.25) is 0 Å². The van der Waals surface area contributed by atoms with Gasteiger partial charge in [-0.15, -0.1) is 0 Å². The van der Waals surface area contributed by atoms with Gasteiger partial charge in [-0.1, -0.05) is 0 Å². The molecule has 2 N–H and O–H groups in total. The van der Waals surface area contributed by atoms with Crippen LogP contribution in [0, 0.1) is 10.7 Å². The molecule has 1 aromatic carbocycles. The van der Waals surface area contributed by atoms with Gasteiger partial charge in [-0.05, 0) is 92.7 Å². The van der Waals surface area contributed by atoms with E-state index in [1.54, 1.807) is 0 Å². The van der Waals surface area contributed by atoms with Crippen LogP contribution in [0.5, 0.6) is 0 Å². The van der Waals surface area contributed by atoms with Crippen molar-refractivity contribution in [2.24, 2.45) is 0 Å². The van der Waals surface area contributed by atoms with Gasteiger partial charge >= 0.3 is 0 Å². The minimum absolute atomic E-state index is 0.0638. The Labute approximate surface area is 175 Å². The predicted octanol–water partition coefficient (Wildman–Crippen LogP) is 2.86. The highest BCUT2D eigenvalue weighted by atomic mass is 127. The van der Waals surface area contributed by atoms with E-state index >= 15 is 0 Å². The van der Waals surface area contributed by atoms with E-state index in [0.717, 1.165) is 10.7 Å². The Morgan fingerprint density at radius 2 is 1.78 bits per heavy atom. The molecule has 0 atom stereocenters. The van der Waals surface area contributed by atoms with Crippen LogP contribution in [0.25, 0.3) is 0 Å². The van der Waals surface area contributed by atoms with E-state index in [1.165, 1.54) is 0 Å². The highest BCUT2D eigenvalue weighted by Crippen LogP contribution is 2.22. The van der Waals surface area contributed by atoms with Gasteiger partial charge in [0, 0.05) is 23.7 Å². The molecule has 0 saturated carbocycles. The summed E-state index contributed by atoms with van der Waals surface area (Å²) in [5.41, 5.74) is 0.615. The molecule has 128 valence electrons. The first kappa shape index (κ1) is 21.5. The summed E-state index contributed by atoms with van der Waals surface area (Å²) in [6.07, 6.45) is 1.07. The van der Waals surface area contributed by atoms with Crippen LogP contribution in [0.2, 0.25) is 0 Å². The summed E-state index contributed by atoms with van der Waals surface area (Å²) in [4.78, 5) is 23.4. The summed E-state index contributed by atoms with van der Waals surface area (Å²) < 4.78 is 32.5. The second kappa shape index (κ2) is 9.82. The second-order valence-electron chi connectivity index (χ2n) is 4.73. The minimum Gasteiger partial charge on any atom is -0.352 e. The first-order valence-corrected chi connectivity index (χ1v) is 11.3. The molecule has 0 aliphatic heterocycles. The summed E-state index contributed by atoms with van der Waals surface area (Å²) in [6.45, 7) is 0.399. The molecule has 0 spiro atoms. The highest BCUT2D eigenvalue weighted by molar-refractivity contribution is 14.1. The Morgan fingerprint density at radius 1 is 1.13 bits per heavy atom. The second-order valence-corrected chi connectivity index (χ2v) is 9.67. The van der Waals surface area contributed by atoms with Crippen LogP contribution in [-0.4, -0.2) is 37.0 Å². The quantitative estimate of drug-likeness (QED) is 0.191. The number of benzene rings is 1. The monoisotopic (exact) mass is 677 g/mol. The molecule has 0 aliphatic rings. The molecule has 1 amide bonds. The molecular weight excluding hydrogens is 663 g/mol. The number of amides is 1. The van der Waals surface area contributed by atoms with Gasteiger partial charge in [-0.3, -0.25) is 14.1 Å². The normalized spacial score (nSPS) is 11.3. The smallest absolute Gasteiger partial charge is 0.272 e. The first-order valence-electron chi connectivity index (χ1n) is 6.50. The molecule has 23 heavy (non-hydrogen) atoms. The molecule has 0 fully saturated rings. The number of hydrogen-bond acceptors (Lipinski definition) is 4. The zero-order valence-electron chi connectivity index (χ0n) is 11.8. The van der Waals surface area contributed by atoms with Crippen molar-refractivity contribution in [3.8, 4) is 0 Å². The van der Waals surface area contributed by atoms with E-state index in [4.69, 9.17) is 4.55 Å². The molecule has 0 aromatic heterocycles. The van der Waals surface area contributed by atoms with Gasteiger partial charge in [0.05, 0.1) is 5.56 Å². The summed E-state index contributed by atoms with van der Waals surface area (Å²) in [5.74, 6) is -1.55. The van der Waals surface area contributed by atoms with Crippen LogP contribution in [0.1, 0.15) is 29.6 Å². The number of carbonyl (C=O) groups is 2. The predicted molar refractivity (Wildman–Crippen MR) is 112 cm³/mol. The molecular formula is C13H14I3NO5S. The number of hydrogen-bond donors (Lipinski definition) is 2. The van der Waals surface area contributed by atoms with Crippen LogP contribution < -0.4 is 5.32 Å². The fourth-order valence-corrected chi connectivity index (χ4v) is 4.69. The number of ketones is 1. The van der Waals surface area contributed by atoms with Crippen molar-refractivity contribution in [3.63, 3.8) is 0 Å². The molecule has 6 nitrogen and oxygen atoms in total. The van der Waals surface area contributed by atoms with E-state index in [-0.39, 0.29) is 12.3 Å². The van der Waals surface area contributed by atoms with Crippen LogP contribution in [0.4, 0.5) is 0 Å². The highest BCUT2D eigenvalue weighted by Gasteiger charge is 2.14. The molecule has 1 rings (SSSR count).